The first-order valence-electron chi connectivity index (χ1n) is 2.78. The molecule has 1 aliphatic rings. The van der Waals surface area contributed by atoms with Crippen molar-refractivity contribution in [3.05, 3.63) is 23.3 Å². The number of allylic oxidation sites excluding steroid dienone is 2. The summed E-state index contributed by atoms with van der Waals surface area (Å²) in [7, 11) is -3.42. The quantitative estimate of drug-likeness (QED) is 0.612. The molecular formula is C6H6N2O2S. The molecular weight excluding hydrogens is 164 g/mol. The number of hydrogen-bond acceptors (Lipinski definition) is 4. The summed E-state index contributed by atoms with van der Waals surface area (Å²) in [5.41, 5.74) is 1.06. The Bertz CT molecular complexity index is 362. The Hall–Kier alpha value is -1.23. The predicted molar refractivity (Wildman–Crippen MR) is 43.4 cm³/mol. The number of aliphatic imine (C=N–C) groups is 1. The van der Waals surface area contributed by atoms with Crippen molar-refractivity contribution < 1.29 is 8.42 Å². The van der Waals surface area contributed by atoms with E-state index < -0.39 is 9.84 Å². The Morgan fingerprint density at radius 3 is 2.64 bits per heavy atom. The van der Waals surface area contributed by atoms with Gasteiger partial charge in [-0.2, -0.15) is 0 Å². The molecule has 0 unspecified atom stereocenters. The van der Waals surface area contributed by atoms with Gasteiger partial charge >= 0.3 is 0 Å². The monoisotopic (exact) mass is 170 g/mol. The van der Waals surface area contributed by atoms with Gasteiger partial charge in [-0.1, -0.05) is 6.58 Å². The minimum atomic E-state index is -3.42. The van der Waals surface area contributed by atoms with Gasteiger partial charge in [-0.15, -0.1) is 0 Å². The number of nitrogens with zero attached hydrogens (tertiary/aromatic N) is 1. The number of hydrogen-bond donors (Lipinski definition) is 1. The van der Waals surface area contributed by atoms with Crippen molar-refractivity contribution >= 4 is 21.6 Å². The van der Waals surface area contributed by atoms with Crippen molar-refractivity contribution in [2.24, 2.45) is 4.99 Å². The lowest BCUT2D eigenvalue weighted by Gasteiger charge is -1.90. The third-order valence-corrected chi connectivity index (χ3v) is 2.54. The van der Waals surface area contributed by atoms with Crippen LogP contribution in [0.3, 0.4) is 0 Å². The van der Waals surface area contributed by atoms with E-state index in [4.69, 9.17) is 5.41 Å². The number of rotatable bonds is 2. The van der Waals surface area contributed by atoms with E-state index in [9.17, 15) is 8.42 Å². The zero-order valence-corrected chi connectivity index (χ0v) is 6.43. The van der Waals surface area contributed by atoms with E-state index in [2.05, 4.69) is 11.6 Å². The van der Waals surface area contributed by atoms with Crippen LogP contribution < -0.4 is 0 Å². The van der Waals surface area contributed by atoms with Gasteiger partial charge in [0.2, 0.25) is 9.84 Å². The van der Waals surface area contributed by atoms with Crippen molar-refractivity contribution in [3.8, 4) is 0 Å². The van der Waals surface area contributed by atoms with E-state index in [1.54, 1.807) is 0 Å². The summed E-state index contributed by atoms with van der Waals surface area (Å²) in [4.78, 5) is 3.47. The fourth-order valence-corrected chi connectivity index (χ4v) is 1.66. The zero-order chi connectivity index (χ0) is 8.48. The van der Waals surface area contributed by atoms with Gasteiger partial charge in [0.1, 0.15) is 10.5 Å². The highest BCUT2D eigenvalue weighted by Crippen LogP contribution is 2.17. The van der Waals surface area contributed by atoms with Gasteiger partial charge in [0.25, 0.3) is 0 Å². The molecule has 0 bridgehead atoms. The molecule has 0 saturated carbocycles. The highest BCUT2D eigenvalue weighted by Gasteiger charge is 2.21. The van der Waals surface area contributed by atoms with Crippen molar-refractivity contribution in [1.82, 2.24) is 0 Å². The molecule has 1 N–H and O–H groups in total. The van der Waals surface area contributed by atoms with E-state index in [1.807, 2.05) is 0 Å². The first-order valence-corrected chi connectivity index (χ1v) is 4.33. The maximum atomic E-state index is 11.0. The normalized spacial score (nSPS) is 20.4. The van der Waals surface area contributed by atoms with Crippen molar-refractivity contribution in [2.45, 2.75) is 0 Å². The van der Waals surface area contributed by atoms with Gasteiger partial charge in [-0.05, 0) is 6.08 Å². The van der Waals surface area contributed by atoms with Gasteiger partial charge in [-0.25, -0.2) is 13.4 Å². The van der Waals surface area contributed by atoms with Crippen molar-refractivity contribution in [3.63, 3.8) is 0 Å². The van der Waals surface area contributed by atoms with Gasteiger partial charge in [0, 0.05) is 6.21 Å². The SMILES string of the molecule is C=CC1=C(C=N)S(=O)(=O)C=N1. The third-order valence-electron chi connectivity index (χ3n) is 1.21. The number of sulfone groups is 1. The molecule has 0 fully saturated rings. The van der Waals surface area contributed by atoms with Crippen LogP contribution in [0.2, 0.25) is 0 Å². The first kappa shape index (κ1) is 7.87. The molecule has 58 valence electrons. The summed E-state index contributed by atoms with van der Waals surface area (Å²) in [6, 6.07) is 0. The van der Waals surface area contributed by atoms with Gasteiger partial charge in [0.05, 0.1) is 5.70 Å². The molecule has 1 rings (SSSR count). The Labute approximate surface area is 64.4 Å². The van der Waals surface area contributed by atoms with Crippen LogP contribution in [0.5, 0.6) is 0 Å². The Morgan fingerprint density at radius 1 is 1.64 bits per heavy atom. The molecule has 0 aromatic carbocycles. The van der Waals surface area contributed by atoms with Crippen LogP contribution in [-0.2, 0) is 9.84 Å². The zero-order valence-electron chi connectivity index (χ0n) is 5.61. The van der Waals surface area contributed by atoms with Crippen molar-refractivity contribution in [1.29, 1.82) is 5.41 Å². The average Bonchev–Trinajstić information content (AvgIpc) is 2.24. The second kappa shape index (κ2) is 2.43. The molecule has 11 heavy (non-hydrogen) atoms. The average molecular weight is 170 g/mol. The first-order chi connectivity index (χ1) is 5.11. The third kappa shape index (κ3) is 1.14. The van der Waals surface area contributed by atoms with Gasteiger partial charge in [0.15, 0.2) is 0 Å². The molecule has 4 nitrogen and oxygen atoms in total. The Kier molecular flexibility index (Phi) is 1.74. The molecule has 1 heterocycles. The summed E-state index contributed by atoms with van der Waals surface area (Å²) in [5.74, 6) is 0. The van der Waals surface area contributed by atoms with Crippen LogP contribution in [0.15, 0.2) is 28.2 Å². The maximum absolute atomic E-state index is 11.0. The minimum Gasteiger partial charge on any atom is -0.307 e. The summed E-state index contributed by atoms with van der Waals surface area (Å²) in [5, 5.41) is 6.80. The van der Waals surface area contributed by atoms with Crippen molar-refractivity contribution in [2.75, 3.05) is 0 Å². The smallest absolute Gasteiger partial charge is 0.220 e. The van der Waals surface area contributed by atoms with Crippen LogP contribution >= 0.6 is 0 Å². The van der Waals surface area contributed by atoms with E-state index in [-0.39, 0.29) is 10.6 Å². The minimum absolute atomic E-state index is 0.0903. The summed E-state index contributed by atoms with van der Waals surface area (Å²) < 4.78 is 21.9. The summed E-state index contributed by atoms with van der Waals surface area (Å²) >= 11 is 0. The molecule has 1 aliphatic heterocycles. The summed E-state index contributed by atoms with van der Waals surface area (Å²) in [6.07, 6.45) is 2.07. The van der Waals surface area contributed by atoms with E-state index in [0.29, 0.717) is 0 Å². The molecule has 5 heteroatoms. The molecule has 0 aromatic heterocycles. The highest BCUT2D eigenvalue weighted by molar-refractivity contribution is 8.08. The van der Waals surface area contributed by atoms with Gasteiger partial charge in [-0.3, -0.25) is 0 Å². The lowest BCUT2D eigenvalue weighted by molar-refractivity contribution is 0.615. The van der Waals surface area contributed by atoms with Gasteiger partial charge < -0.3 is 5.41 Å². The van der Waals surface area contributed by atoms with Crippen LogP contribution in [0, 0.1) is 5.41 Å². The molecule has 0 aliphatic carbocycles. The van der Waals surface area contributed by atoms with Crippen LogP contribution in [0.4, 0.5) is 0 Å². The van der Waals surface area contributed by atoms with Crippen LogP contribution in [-0.4, -0.2) is 20.2 Å². The van der Waals surface area contributed by atoms with E-state index in [0.717, 1.165) is 11.8 Å². The lowest BCUT2D eigenvalue weighted by atomic mass is 10.4. The second-order valence-corrected chi connectivity index (χ2v) is 3.62. The van der Waals surface area contributed by atoms with E-state index in [1.165, 1.54) is 6.08 Å². The molecule has 0 spiro atoms. The Balaban J connectivity index is 3.39. The standard InChI is InChI=1S/C6H6N2O2S/c1-2-5-6(3-7)11(9,10)4-8-5/h2-4,7H,1H2. The van der Waals surface area contributed by atoms with E-state index >= 15 is 0 Å². The van der Waals surface area contributed by atoms with Crippen LogP contribution in [0.25, 0.3) is 0 Å². The molecule has 0 radical (unpaired) electrons. The van der Waals surface area contributed by atoms with Crippen LogP contribution in [0.1, 0.15) is 0 Å². The highest BCUT2D eigenvalue weighted by atomic mass is 32.2. The molecule has 0 atom stereocenters. The molecule has 0 aromatic rings. The molecule has 0 saturated heterocycles. The fourth-order valence-electron chi connectivity index (χ4n) is 0.702. The summed E-state index contributed by atoms with van der Waals surface area (Å²) in [6.45, 7) is 3.37. The second-order valence-electron chi connectivity index (χ2n) is 1.88. The predicted octanol–water partition coefficient (Wildman–Crippen LogP) is 0.490. The number of nitrogens with one attached hydrogen (secondary N) is 1. The topological polar surface area (TPSA) is 70.3 Å². The largest absolute Gasteiger partial charge is 0.307 e. The lowest BCUT2D eigenvalue weighted by Crippen LogP contribution is -2.01. The Morgan fingerprint density at radius 2 is 2.27 bits per heavy atom. The maximum Gasteiger partial charge on any atom is 0.220 e. The molecule has 0 amide bonds. The fraction of sp³-hybridized carbons (Fsp3) is 0.